The molecule has 0 spiro atoms. The van der Waals surface area contributed by atoms with Crippen molar-refractivity contribution in [3.05, 3.63) is 36.0 Å². The molecule has 0 radical (unpaired) electrons. The summed E-state index contributed by atoms with van der Waals surface area (Å²) in [7, 11) is -1.79. The van der Waals surface area contributed by atoms with Crippen LogP contribution in [0.3, 0.4) is 0 Å². The fourth-order valence-electron chi connectivity index (χ4n) is 3.16. The molecule has 2 heterocycles. The Morgan fingerprint density at radius 2 is 1.92 bits per heavy atom. The van der Waals surface area contributed by atoms with Gasteiger partial charge in [0.25, 0.3) is 0 Å². The molecule has 0 aliphatic carbocycles. The van der Waals surface area contributed by atoms with Gasteiger partial charge in [0, 0.05) is 63.2 Å². The molecule has 6 nitrogen and oxygen atoms in total. The maximum atomic E-state index is 13.9. The van der Waals surface area contributed by atoms with E-state index in [4.69, 9.17) is 4.74 Å². The highest BCUT2D eigenvalue weighted by molar-refractivity contribution is 7.89. The number of ether oxygens (including phenoxy) is 1. The fourth-order valence-corrected chi connectivity index (χ4v) is 4.62. The number of anilines is 1. The minimum absolute atomic E-state index is 0.0510. The summed E-state index contributed by atoms with van der Waals surface area (Å²) in [6, 6.07) is 3.77. The fraction of sp³-hybridized carbons (Fsp3) is 0.471. The summed E-state index contributed by atoms with van der Waals surface area (Å²) in [6.45, 7) is 1.95. The largest absolute Gasteiger partial charge is 0.385 e. The van der Waals surface area contributed by atoms with Crippen LogP contribution in [0.4, 0.5) is 14.5 Å². The first-order valence-electron chi connectivity index (χ1n) is 8.38. The second-order valence-corrected chi connectivity index (χ2v) is 8.25. The number of benzene rings is 1. The SMILES string of the molecule is COCCCS(=O)(=O)N1CCN(c2ccnc3c(F)cc(F)cc23)CC1. The Balaban J connectivity index is 1.76. The van der Waals surface area contributed by atoms with Crippen molar-refractivity contribution in [2.45, 2.75) is 6.42 Å². The van der Waals surface area contributed by atoms with Gasteiger partial charge in [-0.15, -0.1) is 0 Å². The number of sulfonamides is 1. The molecule has 0 unspecified atom stereocenters. The van der Waals surface area contributed by atoms with Gasteiger partial charge in [0.15, 0.2) is 5.82 Å². The van der Waals surface area contributed by atoms with E-state index >= 15 is 0 Å². The Hall–Kier alpha value is -1.84. The lowest BCUT2D eigenvalue weighted by molar-refractivity contribution is 0.199. The van der Waals surface area contributed by atoms with E-state index in [1.54, 1.807) is 6.07 Å². The van der Waals surface area contributed by atoms with E-state index in [1.807, 2.05) is 4.90 Å². The number of hydrogen-bond donors (Lipinski definition) is 0. The van der Waals surface area contributed by atoms with Crippen LogP contribution in [0.1, 0.15) is 6.42 Å². The molecule has 0 amide bonds. The van der Waals surface area contributed by atoms with Crippen LogP contribution >= 0.6 is 0 Å². The molecule has 9 heteroatoms. The minimum Gasteiger partial charge on any atom is -0.385 e. The lowest BCUT2D eigenvalue weighted by Gasteiger charge is -2.35. The van der Waals surface area contributed by atoms with E-state index in [2.05, 4.69) is 4.98 Å². The van der Waals surface area contributed by atoms with Crippen molar-refractivity contribution in [1.29, 1.82) is 0 Å². The lowest BCUT2D eigenvalue weighted by Crippen LogP contribution is -2.49. The normalized spacial score (nSPS) is 16.3. The van der Waals surface area contributed by atoms with E-state index in [0.29, 0.717) is 50.3 Å². The van der Waals surface area contributed by atoms with Crippen LogP contribution in [-0.2, 0) is 14.8 Å². The van der Waals surface area contributed by atoms with Gasteiger partial charge in [0.2, 0.25) is 10.0 Å². The summed E-state index contributed by atoms with van der Waals surface area (Å²) in [5.41, 5.74) is 0.767. The van der Waals surface area contributed by atoms with Crippen molar-refractivity contribution in [3.8, 4) is 0 Å². The number of piperazine rings is 1. The molecule has 1 aromatic carbocycles. The van der Waals surface area contributed by atoms with Gasteiger partial charge in [-0.25, -0.2) is 17.2 Å². The van der Waals surface area contributed by atoms with Gasteiger partial charge in [0.1, 0.15) is 11.3 Å². The predicted molar refractivity (Wildman–Crippen MR) is 95.7 cm³/mol. The second-order valence-electron chi connectivity index (χ2n) is 6.16. The molecule has 0 saturated carbocycles. The molecule has 2 aromatic rings. The highest BCUT2D eigenvalue weighted by Gasteiger charge is 2.27. The quantitative estimate of drug-likeness (QED) is 0.712. The zero-order chi connectivity index (χ0) is 18.7. The first kappa shape index (κ1) is 18.9. The summed E-state index contributed by atoms with van der Waals surface area (Å²) in [4.78, 5) is 5.92. The first-order chi connectivity index (χ1) is 12.4. The van der Waals surface area contributed by atoms with E-state index in [9.17, 15) is 17.2 Å². The molecule has 1 fully saturated rings. The molecule has 26 heavy (non-hydrogen) atoms. The topological polar surface area (TPSA) is 62.7 Å². The number of hydrogen-bond acceptors (Lipinski definition) is 5. The van der Waals surface area contributed by atoms with Crippen LogP contribution in [0, 0.1) is 11.6 Å². The van der Waals surface area contributed by atoms with E-state index in [-0.39, 0.29) is 11.3 Å². The molecule has 0 bridgehead atoms. The van der Waals surface area contributed by atoms with Gasteiger partial charge in [-0.3, -0.25) is 4.98 Å². The number of rotatable bonds is 6. The van der Waals surface area contributed by atoms with Gasteiger partial charge < -0.3 is 9.64 Å². The van der Waals surface area contributed by atoms with Crippen LogP contribution in [0.15, 0.2) is 24.4 Å². The Bertz CT molecular complexity index is 884. The highest BCUT2D eigenvalue weighted by atomic mass is 32.2. The van der Waals surface area contributed by atoms with Crippen molar-refractivity contribution < 1.29 is 21.9 Å². The Labute approximate surface area is 151 Å². The number of nitrogens with zero attached hydrogens (tertiary/aromatic N) is 3. The maximum Gasteiger partial charge on any atom is 0.214 e. The molecule has 1 aliphatic rings. The molecular formula is C17H21F2N3O3S. The number of aromatic nitrogens is 1. The summed E-state index contributed by atoms with van der Waals surface area (Å²) >= 11 is 0. The third-order valence-electron chi connectivity index (χ3n) is 4.46. The van der Waals surface area contributed by atoms with E-state index < -0.39 is 21.7 Å². The molecule has 1 aliphatic heterocycles. The third-order valence-corrected chi connectivity index (χ3v) is 6.42. The van der Waals surface area contributed by atoms with Crippen molar-refractivity contribution in [1.82, 2.24) is 9.29 Å². The molecule has 1 aromatic heterocycles. The van der Waals surface area contributed by atoms with Gasteiger partial charge in [-0.2, -0.15) is 4.31 Å². The number of pyridine rings is 1. The summed E-state index contributed by atoms with van der Waals surface area (Å²) in [6.07, 6.45) is 1.93. The van der Waals surface area contributed by atoms with Crippen molar-refractivity contribution in [3.63, 3.8) is 0 Å². The third kappa shape index (κ3) is 3.94. The van der Waals surface area contributed by atoms with Gasteiger partial charge in [0.05, 0.1) is 5.75 Å². The Morgan fingerprint density at radius 3 is 2.62 bits per heavy atom. The van der Waals surface area contributed by atoms with Crippen LogP contribution < -0.4 is 4.90 Å². The first-order valence-corrected chi connectivity index (χ1v) is 9.99. The van der Waals surface area contributed by atoms with Crippen LogP contribution in [0.25, 0.3) is 10.9 Å². The van der Waals surface area contributed by atoms with Crippen LogP contribution in [-0.4, -0.2) is 63.4 Å². The standard InChI is InChI=1S/C17H21F2N3O3S/c1-25-9-2-10-26(23,24)22-7-5-21(6-8-22)16-3-4-20-17-14(16)11-13(18)12-15(17)19/h3-4,11-12H,2,5-10H2,1H3. The van der Waals surface area contributed by atoms with Crippen LogP contribution in [0.5, 0.6) is 0 Å². The molecule has 3 rings (SSSR count). The molecule has 0 N–H and O–H groups in total. The van der Waals surface area contributed by atoms with Gasteiger partial charge >= 0.3 is 0 Å². The van der Waals surface area contributed by atoms with Crippen molar-refractivity contribution >= 4 is 26.6 Å². The predicted octanol–water partition coefficient (Wildman–Crippen LogP) is 2.00. The zero-order valence-electron chi connectivity index (χ0n) is 14.5. The molecule has 1 saturated heterocycles. The molecular weight excluding hydrogens is 364 g/mol. The van der Waals surface area contributed by atoms with Crippen molar-refractivity contribution in [2.75, 3.05) is 50.5 Å². The van der Waals surface area contributed by atoms with E-state index in [1.165, 1.54) is 23.7 Å². The lowest BCUT2D eigenvalue weighted by atomic mass is 10.1. The van der Waals surface area contributed by atoms with Crippen molar-refractivity contribution in [2.24, 2.45) is 0 Å². The summed E-state index contributed by atoms with van der Waals surface area (Å²) < 4.78 is 58.6. The monoisotopic (exact) mass is 385 g/mol. The number of fused-ring (bicyclic) bond motifs is 1. The number of methoxy groups -OCH3 is 1. The second kappa shape index (κ2) is 7.81. The van der Waals surface area contributed by atoms with E-state index in [0.717, 1.165) is 6.07 Å². The van der Waals surface area contributed by atoms with Gasteiger partial charge in [-0.05, 0) is 18.6 Å². The maximum absolute atomic E-state index is 13.9. The molecule has 0 atom stereocenters. The van der Waals surface area contributed by atoms with Gasteiger partial charge in [-0.1, -0.05) is 0 Å². The molecule has 142 valence electrons. The number of halogens is 2. The van der Waals surface area contributed by atoms with Crippen LogP contribution in [0.2, 0.25) is 0 Å². The smallest absolute Gasteiger partial charge is 0.214 e. The summed E-state index contributed by atoms with van der Waals surface area (Å²) in [5.74, 6) is -1.32. The average Bonchev–Trinajstić information content (AvgIpc) is 2.61. The minimum atomic E-state index is -3.32. The Morgan fingerprint density at radius 1 is 1.19 bits per heavy atom. The summed E-state index contributed by atoms with van der Waals surface area (Å²) in [5, 5.41) is 0.390. The zero-order valence-corrected chi connectivity index (χ0v) is 15.3. The highest BCUT2D eigenvalue weighted by Crippen LogP contribution is 2.29. The Kier molecular flexibility index (Phi) is 5.69. The average molecular weight is 385 g/mol.